The predicted octanol–water partition coefficient (Wildman–Crippen LogP) is 3.53. The van der Waals surface area contributed by atoms with Crippen molar-refractivity contribution in [3.05, 3.63) is 35.8 Å². The first-order chi connectivity index (χ1) is 11.3. The zero-order chi connectivity index (χ0) is 15.7. The maximum absolute atomic E-state index is 12.9. The number of fused-ring (bicyclic) bond motifs is 1. The summed E-state index contributed by atoms with van der Waals surface area (Å²) < 4.78 is 0. The van der Waals surface area contributed by atoms with Crippen molar-refractivity contribution in [2.24, 2.45) is 11.3 Å². The number of aromatic nitrogens is 1. The molecule has 5 heteroatoms. The summed E-state index contributed by atoms with van der Waals surface area (Å²) in [6.07, 6.45) is 6.40. The number of rotatable bonds is 3. The summed E-state index contributed by atoms with van der Waals surface area (Å²) >= 11 is 1.62. The molecule has 0 spiro atoms. The summed E-state index contributed by atoms with van der Waals surface area (Å²) in [6, 6.07) is 8.01. The first-order valence-electron chi connectivity index (χ1n) is 8.30. The summed E-state index contributed by atoms with van der Waals surface area (Å²) in [5.41, 5.74) is 1.77. The number of hydrogen-bond acceptors (Lipinski definition) is 4. The van der Waals surface area contributed by atoms with Gasteiger partial charge in [-0.2, -0.15) is 0 Å². The number of carbonyl (C=O) groups is 1. The van der Waals surface area contributed by atoms with Crippen LogP contribution in [0.4, 0.5) is 5.69 Å². The Morgan fingerprint density at radius 1 is 1.30 bits per heavy atom. The SMILES string of the molecule is O=C(Nc1ccc(-c2nccs2)cc1)[C@@]12CCCC[C@H]1CNC2. The van der Waals surface area contributed by atoms with Crippen molar-refractivity contribution in [1.82, 2.24) is 10.3 Å². The van der Waals surface area contributed by atoms with E-state index in [2.05, 4.69) is 15.6 Å². The van der Waals surface area contributed by atoms with E-state index in [0.29, 0.717) is 5.92 Å². The van der Waals surface area contributed by atoms with Gasteiger partial charge >= 0.3 is 0 Å². The molecular weight excluding hydrogens is 306 g/mol. The molecule has 1 amide bonds. The Hall–Kier alpha value is -1.72. The fourth-order valence-corrected chi connectivity index (χ4v) is 4.65. The van der Waals surface area contributed by atoms with E-state index in [9.17, 15) is 4.79 Å². The van der Waals surface area contributed by atoms with Crippen LogP contribution in [0, 0.1) is 11.3 Å². The van der Waals surface area contributed by atoms with E-state index in [1.807, 2.05) is 35.8 Å². The number of amides is 1. The van der Waals surface area contributed by atoms with E-state index in [4.69, 9.17) is 0 Å². The third-order valence-corrected chi connectivity index (χ3v) is 6.13. The van der Waals surface area contributed by atoms with Crippen LogP contribution in [0.1, 0.15) is 25.7 Å². The number of hydrogen-bond donors (Lipinski definition) is 2. The highest BCUT2D eigenvalue weighted by molar-refractivity contribution is 7.13. The van der Waals surface area contributed by atoms with E-state index < -0.39 is 0 Å². The van der Waals surface area contributed by atoms with Crippen LogP contribution < -0.4 is 10.6 Å². The zero-order valence-electron chi connectivity index (χ0n) is 13.0. The monoisotopic (exact) mass is 327 g/mol. The van der Waals surface area contributed by atoms with Gasteiger partial charge in [0.2, 0.25) is 5.91 Å². The van der Waals surface area contributed by atoms with Gasteiger partial charge in [0.15, 0.2) is 0 Å². The average Bonchev–Trinajstić information content (AvgIpc) is 3.25. The molecule has 120 valence electrons. The van der Waals surface area contributed by atoms with Gasteiger partial charge in [0.25, 0.3) is 0 Å². The minimum Gasteiger partial charge on any atom is -0.326 e. The molecule has 2 fully saturated rings. The number of anilines is 1. The van der Waals surface area contributed by atoms with Crippen molar-refractivity contribution < 1.29 is 4.79 Å². The summed E-state index contributed by atoms with van der Waals surface area (Å²) in [5, 5.41) is 9.56. The minimum atomic E-state index is -0.202. The van der Waals surface area contributed by atoms with Crippen LogP contribution >= 0.6 is 11.3 Å². The van der Waals surface area contributed by atoms with Crippen molar-refractivity contribution >= 4 is 22.9 Å². The highest BCUT2D eigenvalue weighted by Crippen LogP contribution is 2.44. The summed E-state index contributed by atoms with van der Waals surface area (Å²) in [6.45, 7) is 1.80. The molecule has 1 aliphatic heterocycles. The molecule has 0 radical (unpaired) electrons. The molecule has 4 rings (SSSR count). The lowest BCUT2D eigenvalue weighted by molar-refractivity contribution is -0.128. The standard InChI is InChI=1S/C18H21N3OS/c22-17(18-8-2-1-3-14(18)11-19-12-18)21-15-6-4-13(5-7-15)16-20-9-10-23-16/h4-7,9-10,14,19H,1-3,8,11-12H2,(H,21,22)/t14-,18+/m0/s1. The van der Waals surface area contributed by atoms with Gasteiger partial charge in [-0.1, -0.05) is 12.8 Å². The lowest BCUT2D eigenvalue weighted by Crippen LogP contribution is -2.44. The molecule has 1 aromatic carbocycles. The largest absolute Gasteiger partial charge is 0.326 e. The highest BCUT2D eigenvalue weighted by atomic mass is 32.1. The van der Waals surface area contributed by atoms with Gasteiger partial charge < -0.3 is 10.6 Å². The first kappa shape index (κ1) is 14.8. The fourth-order valence-electron chi connectivity index (χ4n) is 4.01. The number of nitrogens with zero attached hydrogens (tertiary/aromatic N) is 1. The highest BCUT2D eigenvalue weighted by Gasteiger charge is 2.49. The topological polar surface area (TPSA) is 54.0 Å². The maximum Gasteiger partial charge on any atom is 0.232 e. The van der Waals surface area contributed by atoms with Crippen LogP contribution in [0.25, 0.3) is 10.6 Å². The Labute approximate surface area is 140 Å². The van der Waals surface area contributed by atoms with Crippen LogP contribution in [0.5, 0.6) is 0 Å². The van der Waals surface area contributed by atoms with E-state index in [0.717, 1.165) is 42.2 Å². The minimum absolute atomic E-state index is 0.189. The zero-order valence-corrected chi connectivity index (χ0v) is 13.9. The average molecular weight is 327 g/mol. The maximum atomic E-state index is 12.9. The van der Waals surface area contributed by atoms with E-state index in [-0.39, 0.29) is 11.3 Å². The van der Waals surface area contributed by atoms with E-state index in [1.54, 1.807) is 11.3 Å². The van der Waals surface area contributed by atoms with E-state index >= 15 is 0 Å². The van der Waals surface area contributed by atoms with Crippen LogP contribution in [-0.2, 0) is 4.79 Å². The Morgan fingerprint density at radius 3 is 2.96 bits per heavy atom. The Bertz CT molecular complexity index is 683. The fraction of sp³-hybridized carbons (Fsp3) is 0.444. The lowest BCUT2D eigenvalue weighted by atomic mass is 9.67. The van der Waals surface area contributed by atoms with Crippen molar-refractivity contribution in [3.8, 4) is 10.6 Å². The molecule has 1 aliphatic carbocycles. The van der Waals surface area contributed by atoms with Gasteiger partial charge in [-0.05, 0) is 49.6 Å². The van der Waals surface area contributed by atoms with Gasteiger partial charge in [0, 0.05) is 29.4 Å². The molecule has 1 saturated carbocycles. The van der Waals surface area contributed by atoms with Gasteiger partial charge in [-0.25, -0.2) is 4.98 Å². The van der Waals surface area contributed by atoms with Gasteiger partial charge in [-0.3, -0.25) is 4.79 Å². The predicted molar refractivity (Wildman–Crippen MR) is 93.4 cm³/mol. The third-order valence-electron chi connectivity index (χ3n) is 5.31. The molecule has 2 aromatic rings. The van der Waals surface area contributed by atoms with Gasteiger partial charge in [0.1, 0.15) is 5.01 Å². The Kier molecular flexibility index (Phi) is 3.91. The lowest BCUT2D eigenvalue weighted by Gasteiger charge is -2.37. The smallest absolute Gasteiger partial charge is 0.232 e. The normalized spacial score (nSPS) is 26.7. The molecule has 2 heterocycles. The Balaban J connectivity index is 1.50. The third kappa shape index (κ3) is 2.68. The van der Waals surface area contributed by atoms with E-state index in [1.165, 1.54) is 12.8 Å². The summed E-state index contributed by atoms with van der Waals surface area (Å²) in [7, 11) is 0. The van der Waals surface area contributed by atoms with Crippen molar-refractivity contribution in [2.45, 2.75) is 25.7 Å². The summed E-state index contributed by atoms with van der Waals surface area (Å²) in [5.74, 6) is 0.681. The molecular formula is C18H21N3OS. The first-order valence-corrected chi connectivity index (χ1v) is 9.18. The van der Waals surface area contributed by atoms with Crippen molar-refractivity contribution in [1.29, 1.82) is 0 Å². The van der Waals surface area contributed by atoms with Gasteiger partial charge in [0.05, 0.1) is 5.41 Å². The Morgan fingerprint density at radius 2 is 2.17 bits per heavy atom. The van der Waals surface area contributed by atoms with Crippen LogP contribution in [-0.4, -0.2) is 24.0 Å². The number of thiazole rings is 1. The second-order valence-electron chi connectivity index (χ2n) is 6.60. The van der Waals surface area contributed by atoms with Gasteiger partial charge in [-0.15, -0.1) is 11.3 Å². The van der Waals surface area contributed by atoms with Crippen molar-refractivity contribution in [3.63, 3.8) is 0 Å². The molecule has 23 heavy (non-hydrogen) atoms. The number of benzene rings is 1. The quantitative estimate of drug-likeness (QED) is 0.907. The molecule has 2 atom stereocenters. The molecule has 1 saturated heterocycles. The number of carbonyl (C=O) groups excluding carboxylic acids is 1. The second kappa shape index (κ2) is 6.06. The summed E-state index contributed by atoms with van der Waals surface area (Å²) in [4.78, 5) is 17.2. The van der Waals surface area contributed by atoms with Crippen LogP contribution in [0.2, 0.25) is 0 Å². The number of nitrogens with one attached hydrogen (secondary N) is 2. The van der Waals surface area contributed by atoms with Crippen molar-refractivity contribution in [2.75, 3.05) is 18.4 Å². The van der Waals surface area contributed by atoms with Crippen LogP contribution in [0.3, 0.4) is 0 Å². The molecule has 1 aromatic heterocycles. The molecule has 2 aliphatic rings. The second-order valence-corrected chi connectivity index (χ2v) is 7.49. The molecule has 2 N–H and O–H groups in total. The van der Waals surface area contributed by atoms with Crippen LogP contribution in [0.15, 0.2) is 35.8 Å². The molecule has 0 bridgehead atoms. The molecule has 4 nitrogen and oxygen atoms in total. The molecule has 0 unspecified atom stereocenters.